The minimum Gasteiger partial charge on any atom is -0.343 e. The third-order valence-electron chi connectivity index (χ3n) is 5.93. The van der Waals surface area contributed by atoms with Crippen LogP contribution >= 0.6 is 0 Å². The van der Waals surface area contributed by atoms with Gasteiger partial charge in [0.05, 0.1) is 25.6 Å². The van der Waals surface area contributed by atoms with Crippen molar-refractivity contribution in [1.29, 1.82) is 5.26 Å². The largest absolute Gasteiger partial charge is 0.343 e. The van der Waals surface area contributed by atoms with Crippen molar-refractivity contribution in [3.8, 4) is 6.07 Å². The molecule has 1 N–H and O–H groups in total. The molecular weight excluding hydrogens is 402 g/mol. The van der Waals surface area contributed by atoms with Crippen molar-refractivity contribution >= 4 is 11.8 Å². The Morgan fingerprint density at radius 1 is 1.23 bits per heavy atom. The predicted octanol–water partition coefficient (Wildman–Crippen LogP) is 2.94. The lowest BCUT2D eigenvalue weighted by atomic mass is 9.91. The van der Waals surface area contributed by atoms with Gasteiger partial charge in [0, 0.05) is 18.0 Å². The lowest BCUT2D eigenvalue weighted by Crippen LogP contribution is -2.51. The van der Waals surface area contributed by atoms with Crippen molar-refractivity contribution in [2.75, 3.05) is 13.1 Å². The van der Waals surface area contributed by atoms with Gasteiger partial charge in [-0.25, -0.2) is 8.78 Å². The number of carbonyl (C=O) groups is 2. The van der Waals surface area contributed by atoms with E-state index < -0.39 is 42.8 Å². The van der Waals surface area contributed by atoms with Crippen LogP contribution in [0.15, 0.2) is 48.8 Å². The van der Waals surface area contributed by atoms with Crippen LogP contribution in [0.4, 0.5) is 8.78 Å². The minimum absolute atomic E-state index is 0.233. The number of hydrogen-bond donors (Lipinski definition) is 1. The second kappa shape index (κ2) is 8.06. The first-order chi connectivity index (χ1) is 14.8. The number of pyridine rings is 1. The third-order valence-corrected chi connectivity index (χ3v) is 5.93. The first-order valence-electron chi connectivity index (χ1n) is 10.2. The molecule has 1 atom stereocenters. The molecule has 4 rings (SSSR count). The first kappa shape index (κ1) is 20.9. The quantitative estimate of drug-likeness (QED) is 0.773. The van der Waals surface area contributed by atoms with E-state index in [1.54, 1.807) is 12.3 Å². The maximum absolute atomic E-state index is 14.1. The van der Waals surface area contributed by atoms with Gasteiger partial charge >= 0.3 is 0 Å². The number of nitrogens with zero attached hydrogens (tertiary/aromatic N) is 3. The summed E-state index contributed by atoms with van der Waals surface area (Å²) in [4.78, 5) is 30.6. The van der Waals surface area contributed by atoms with Crippen molar-refractivity contribution in [3.05, 3.63) is 65.5 Å². The fourth-order valence-electron chi connectivity index (χ4n) is 4.30. The highest BCUT2D eigenvalue weighted by molar-refractivity contribution is 5.97. The summed E-state index contributed by atoms with van der Waals surface area (Å²) in [7, 11) is 0. The maximum atomic E-state index is 14.1. The monoisotopic (exact) mass is 424 g/mol. The fraction of sp³-hybridized carbons (Fsp3) is 0.391. The number of nitrogens with one attached hydrogen (secondary N) is 1. The number of amides is 2. The molecule has 2 amide bonds. The van der Waals surface area contributed by atoms with E-state index in [0.29, 0.717) is 30.4 Å². The highest BCUT2D eigenvalue weighted by Gasteiger charge is 2.62. The van der Waals surface area contributed by atoms with Crippen LogP contribution in [0.2, 0.25) is 0 Å². The van der Waals surface area contributed by atoms with Gasteiger partial charge < -0.3 is 10.2 Å². The molecule has 160 valence electrons. The van der Waals surface area contributed by atoms with Crippen molar-refractivity contribution in [1.82, 2.24) is 15.2 Å². The van der Waals surface area contributed by atoms with E-state index in [4.69, 9.17) is 0 Å². The molecule has 0 bridgehead atoms. The van der Waals surface area contributed by atoms with E-state index in [0.717, 1.165) is 10.5 Å². The second-order valence-corrected chi connectivity index (χ2v) is 8.20. The average molecular weight is 424 g/mol. The molecule has 8 heteroatoms. The average Bonchev–Trinajstić information content (AvgIpc) is 3.57. The molecule has 1 aromatic carbocycles. The third kappa shape index (κ3) is 4.26. The number of aromatic nitrogens is 1. The summed E-state index contributed by atoms with van der Waals surface area (Å²) in [5.74, 6) is -4.49. The van der Waals surface area contributed by atoms with Crippen LogP contribution in [0.25, 0.3) is 0 Å². The Balaban J connectivity index is 1.46. The Bertz CT molecular complexity index is 1030. The number of benzene rings is 1. The topological polar surface area (TPSA) is 86.1 Å². The normalized spacial score (nSPS) is 22.0. The van der Waals surface area contributed by atoms with Crippen molar-refractivity contribution < 1.29 is 18.4 Å². The Morgan fingerprint density at radius 3 is 2.65 bits per heavy atom. The van der Waals surface area contributed by atoms with Crippen LogP contribution in [0, 0.1) is 17.2 Å². The van der Waals surface area contributed by atoms with Gasteiger partial charge in [0.1, 0.15) is 5.54 Å². The van der Waals surface area contributed by atoms with Crippen LogP contribution < -0.4 is 5.32 Å². The first-order valence-corrected chi connectivity index (χ1v) is 10.2. The number of rotatable bonds is 6. The minimum atomic E-state index is -3.11. The molecule has 6 nitrogen and oxygen atoms in total. The Kier molecular flexibility index (Phi) is 5.44. The molecule has 1 aliphatic heterocycles. The van der Waals surface area contributed by atoms with Crippen LogP contribution in [-0.4, -0.2) is 46.2 Å². The fourth-order valence-corrected chi connectivity index (χ4v) is 4.30. The van der Waals surface area contributed by atoms with E-state index in [-0.39, 0.29) is 5.92 Å². The molecule has 0 spiro atoms. The zero-order valence-electron chi connectivity index (χ0n) is 16.9. The summed E-state index contributed by atoms with van der Waals surface area (Å²) in [6, 6.07) is 13.1. The van der Waals surface area contributed by atoms with E-state index in [2.05, 4.69) is 10.3 Å². The second-order valence-electron chi connectivity index (χ2n) is 8.20. The molecule has 2 heterocycles. The van der Waals surface area contributed by atoms with Gasteiger partial charge in [0.25, 0.3) is 11.8 Å². The summed E-state index contributed by atoms with van der Waals surface area (Å²) in [6.45, 7) is -1.24. The molecule has 1 aliphatic carbocycles. The summed E-state index contributed by atoms with van der Waals surface area (Å²) >= 11 is 0. The zero-order chi connectivity index (χ0) is 22.1. The molecule has 1 unspecified atom stereocenters. The van der Waals surface area contributed by atoms with E-state index >= 15 is 0 Å². The molecule has 1 saturated carbocycles. The number of alkyl halides is 2. The lowest BCUT2D eigenvalue weighted by molar-refractivity contribution is -0.134. The number of halogens is 2. The molecule has 2 aromatic rings. The van der Waals surface area contributed by atoms with E-state index in [1.165, 1.54) is 6.20 Å². The van der Waals surface area contributed by atoms with Gasteiger partial charge in [-0.3, -0.25) is 14.6 Å². The molecular formula is C23H22F2N4O2. The summed E-state index contributed by atoms with van der Waals surface area (Å²) in [5, 5.41) is 12.2. The van der Waals surface area contributed by atoms with Crippen LogP contribution in [-0.2, 0) is 11.2 Å². The number of hydrogen-bond acceptors (Lipinski definition) is 4. The standard InChI is InChI=1S/C23H22F2N4O2/c24-23(25)13-22(14-26,18-6-7-18)29(15-23)20(30)12-28-21(31)19-8-9-27-11-17(19)10-16-4-2-1-3-5-16/h1-5,8-9,11,18H,6-7,10,12-13,15H2,(H,28,31). The SMILES string of the molecule is N#CC1(C2CC2)CC(F)(F)CN1C(=O)CNC(=O)c1ccncc1Cc1ccccc1. The van der Waals surface area contributed by atoms with Gasteiger partial charge in [0.2, 0.25) is 5.91 Å². The van der Waals surface area contributed by atoms with Crippen LogP contribution in [0.3, 0.4) is 0 Å². The number of nitriles is 1. The molecule has 1 saturated heterocycles. The van der Waals surface area contributed by atoms with Gasteiger partial charge in [-0.1, -0.05) is 30.3 Å². The molecule has 2 aliphatic rings. The highest BCUT2D eigenvalue weighted by Crippen LogP contribution is 2.52. The van der Waals surface area contributed by atoms with Crippen molar-refractivity contribution in [3.63, 3.8) is 0 Å². The molecule has 31 heavy (non-hydrogen) atoms. The number of likely N-dealkylation sites (tertiary alicyclic amines) is 1. The smallest absolute Gasteiger partial charge is 0.268 e. The van der Waals surface area contributed by atoms with Gasteiger partial charge in [-0.15, -0.1) is 0 Å². The summed E-state index contributed by atoms with van der Waals surface area (Å²) in [5.41, 5.74) is 0.575. The van der Waals surface area contributed by atoms with Crippen LogP contribution in [0.5, 0.6) is 0 Å². The highest BCUT2D eigenvalue weighted by atomic mass is 19.3. The van der Waals surface area contributed by atoms with Gasteiger partial charge in [-0.2, -0.15) is 5.26 Å². The molecule has 2 fully saturated rings. The molecule has 0 radical (unpaired) electrons. The van der Waals surface area contributed by atoms with Crippen LogP contribution in [0.1, 0.15) is 40.7 Å². The van der Waals surface area contributed by atoms with Gasteiger partial charge in [-0.05, 0) is 42.4 Å². The summed E-state index contributed by atoms with van der Waals surface area (Å²) < 4.78 is 28.2. The Hall–Kier alpha value is -3.34. The van der Waals surface area contributed by atoms with E-state index in [9.17, 15) is 23.6 Å². The Morgan fingerprint density at radius 2 is 1.97 bits per heavy atom. The van der Waals surface area contributed by atoms with E-state index in [1.807, 2.05) is 36.4 Å². The summed E-state index contributed by atoms with van der Waals surface area (Å²) in [6.07, 6.45) is 4.23. The predicted molar refractivity (Wildman–Crippen MR) is 108 cm³/mol. The maximum Gasteiger partial charge on any atom is 0.268 e. The lowest BCUT2D eigenvalue weighted by Gasteiger charge is -2.31. The Labute approximate surface area is 178 Å². The van der Waals surface area contributed by atoms with Gasteiger partial charge in [0.15, 0.2) is 0 Å². The van der Waals surface area contributed by atoms with Crippen molar-refractivity contribution in [2.24, 2.45) is 5.92 Å². The zero-order valence-corrected chi connectivity index (χ0v) is 16.9. The molecule has 1 aromatic heterocycles. The number of carbonyl (C=O) groups excluding carboxylic acids is 2. The van der Waals surface area contributed by atoms with Crippen molar-refractivity contribution in [2.45, 2.75) is 37.1 Å².